The van der Waals surface area contributed by atoms with Crippen LogP contribution < -0.4 is 15.8 Å². The summed E-state index contributed by atoms with van der Waals surface area (Å²) in [5.74, 6) is -0.600. The molecule has 2 N–H and O–H groups in total. The molecule has 0 atom stereocenters. The number of hydrogen-bond acceptors (Lipinski definition) is 4. The van der Waals surface area contributed by atoms with Gasteiger partial charge in [0.25, 0.3) is 11.5 Å². The molecule has 1 aromatic heterocycles. The molecule has 7 heteroatoms. The van der Waals surface area contributed by atoms with E-state index in [2.05, 4.69) is 20.1 Å². The first kappa shape index (κ1) is 20.8. The van der Waals surface area contributed by atoms with Gasteiger partial charge in [-0.25, -0.2) is 4.39 Å². The van der Waals surface area contributed by atoms with E-state index in [4.69, 9.17) is 0 Å². The Hall–Kier alpha value is -3.45. The Bertz CT molecular complexity index is 1070. The number of halogens is 1. The fourth-order valence-electron chi connectivity index (χ4n) is 3.74. The van der Waals surface area contributed by atoms with Crippen molar-refractivity contribution in [2.45, 2.75) is 0 Å². The molecule has 1 saturated heterocycles. The average molecular weight is 420 g/mol. The van der Waals surface area contributed by atoms with Crippen LogP contribution in [0.1, 0.15) is 10.4 Å². The number of amides is 1. The largest absolute Gasteiger partial charge is 0.369 e. The zero-order valence-corrected chi connectivity index (χ0v) is 17.2. The minimum atomic E-state index is -0.397. The normalized spacial score (nSPS) is 14.4. The molecular formula is C24H25FN4O2. The molecule has 31 heavy (non-hydrogen) atoms. The monoisotopic (exact) mass is 420 g/mol. The van der Waals surface area contributed by atoms with E-state index in [1.165, 1.54) is 12.1 Å². The van der Waals surface area contributed by atoms with Crippen LogP contribution in [0.2, 0.25) is 0 Å². The van der Waals surface area contributed by atoms with Gasteiger partial charge >= 0.3 is 0 Å². The van der Waals surface area contributed by atoms with E-state index in [9.17, 15) is 14.0 Å². The molecule has 2 aromatic carbocycles. The van der Waals surface area contributed by atoms with Crippen LogP contribution >= 0.6 is 0 Å². The highest BCUT2D eigenvalue weighted by atomic mass is 19.1. The summed E-state index contributed by atoms with van der Waals surface area (Å²) in [5, 5.41) is 2.84. The van der Waals surface area contributed by atoms with Gasteiger partial charge < -0.3 is 15.2 Å². The lowest BCUT2D eigenvalue weighted by molar-refractivity contribution is 0.0946. The zero-order valence-electron chi connectivity index (χ0n) is 17.2. The van der Waals surface area contributed by atoms with E-state index in [0.29, 0.717) is 18.8 Å². The minimum absolute atomic E-state index is 0.112. The Labute approximate surface area is 180 Å². The average Bonchev–Trinajstić information content (AvgIpc) is 2.80. The number of hydrogen-bond donors (Lipinski definition) is 2. The van der Waals surface area contributed by atoms with Gasteiger partial charge in [0.05, 0.1) is 0 Å². The smallest absolute Gasteiger partial charge is 0.261 e. The van der Waals surface area contributed by atoms with E-state index in [1.807, 2.05) is 30.3 Å². The molecule has 0 spiro atoms. The van der Waals surface area contributed by atoms with Crippen molar-refractivity contribution in [3.05, 3.63) is 88.5 Å². The van der Waals surface area contributed by atoms with E-state index >= 15 is 0 Å². The van der Waals surface area contributed by atoms with Gasteiger partial charge in [0.15, 0.2) is 0 Å². The second kappa shape index (κ2) is 9.57. The molecule has 160 valence electrons. The van der Waals surface area contributed by atoms with Gasteiger partial charge in [-0.2, -0.15) is 0 Å². The second-order valence-electron chi connectivity index (χ2n) is 7.54. The number of benzene rings is 2. The predicted octanol–water partition coefficient (Wildman–Crippen LogP) is 2.73. The van der Waals surface area contributed by atoms with Gasteiger partial charge in [0.1, 0.15) is 11.4 Å². The molecule has 0 bridgehead atoms. The number of rotatable bonds is 6. The Balaban J connectivity index is 1.25. The molecule has 0 saturated carbocycles. The lowest BCUT2D eigenvalue weighted by atomic mass is 10.1. The first-order chi connectivity index (χ1) is 15.1. The summed E-state index contributed by atoms with van der Waals surface area (Å²) >= 11 is 0. The van der Waals surface area contributed by atoms with Gasteiger partial charge in [-0.3, -0.25) is 14.5 Å². The summed E-state index contributed by atoms with van der Waals surface area (Å²) in [7, 11) is 0. The van der Waals surface area contributed by atoms with Crippen molar-refractivity contribution in [1.29, 1.82) is 0 Å². The second-order valence-corrected chi connectivity index (χ2v) is 7.54. The number of aromatic nitrogens is 1. The van der Waals surface area contributed by atoms with Crippen molar-refractivity contribution in [2.75, 3.05) is 44.2 Å². The number of piperazine rings is 1. The first-order valence-electron chi connectivity index (χ1n) is 10.4. The maximum atomic E-state index is 13.1. The predicted molar refractivity (Wildman–Crippen MR) is 120 cm³/mol. The van der Waals surface area contributed by atoms with Crippen molar-refractivity contribution in [3.8, 4) is 11.3 Å². The van der Waals surface area contributed by atoms with E-state index in [-0.39, 0.29) is 17.3 Å². The SMILES string of the molecule is O=C(NCCN1CCN(c2ccc(F)cc2)CC1)c1ccc(-c2ccccc2)[nH]c1=O. The van der Waals surface area contributed by atoms with E-state index in [0.717, 1.165) is 37.4 Å². The summed E-state index contributed by atoms with van der Waals surface area (Å²) in [5.41, 5.74) is 2.31. The zero-order chi connectivity index (χ0) is 21.6. The summed E-state index contributed by atoms with van der Waals surface area (Å²) in [6, 6.07) is 19.4. The summed E-state index contributed by atoms with van der Waals surface area (Å²) in [4.78, 5) is 32.1. The molecule has 4 rings (SSSR count). The number of nitrogens with zero attached hydrogens (tertiary/aromatic N) is 2. The van der Waals surface area contributed by atoms with Crippen molar-refractivity contribution in [2.24, 2.45) is 0 Å². The van der Waals surface area contributed by atoms with Crippen LogP contribution in [0, 0.1) is 5.82 Å². The molecule has 1 aliphatic heterocycles. The molecule has 6 nitrogen and oxygen atoms in total. The number of pyridine rings is 1. The molecular weight excluding hydrogens is 395 g/mol. The molecule has 0 unspecified atom stereocenters. The lowest BCUT2D eigenvalue weighted by Crippen LogP contribution is -2.48. The molecule has 2 heterocycles. The molecule has 1 amide bonds. The third-order valence-corrected chi connectivity index (χ3v) is 5.52. The Morgan fingerprint density at radius 3 is 2.32 bits per heavy atom. The number of carbonyl (C=O) groups is 1. The highest BCUT2D eigenvalue weighted by Gasteiger charge is 2.18. The van der Waals surface area contributed by atoms with Crippen LogP contribution in [0.5, 0.6) is 0 Å². The summed E-state index contributed by atoms with van der Waals surface area (Å²) in [6.45, 7) is 4.60. The third kappa shape index (κ3) is 5.19. The summed E-state index contributed by atoms with van der Waals surface area (Å²) in [6.07, 6.45) is 0. The van der Waals surface area contributed by atoms with Crippen molar-refractivity contribution < 1.29 is 9.18 Å². The minimum Gasteiger partial charge on any atom is -0.369 e. The number of H-pyrrole nitrogens is 1. The van der Waals surface area contributed by atoms with E-state index < -0.39 is 5.56 Å². The van der Waals surface area contributed by atoms with Crippen LogP contribution in [0.3, 0.4) is 0 Å². The fourth-order valence-corrected chi connectivity index (χ4v) is 3.74. The van der Waals surface area contributed by atoms with Crippen LogP contribution in [-0.4, -0.2) is 55.1 Å². The van der Waals surface area contributed by atoms with Crippen LogP contribution in [-0.2, 0) is 0 Å². The van der Waals surface area contributed by atoms with Crippen LogP contribution in [0.15, 0.2) is 71.5 Å². The molecule has 1 aliphatic rings. The van der Waals surface area contributed by atoms with Crippen LogP contribution in [0.25, 0.3) is 11.3 Å². The quantitative estimate of drug-likeness (QED) is 0.644. The summed E-state index contributed by atoms with van der Waals surface area (Å²) < 4.78 is 13.1. The van der Waals surface area contributed by atoms with Gasteiger partial charge in [0, 0.05) is 50.6 Å². The number of aromatic amines is 1. The lowest BCUT2D eigenvalue weighted by Gasteiger charge is -2.36. The highest BCUT2D eigenvalue weighted by molar-refractivity contribution is 5.94. The Morgan fingerprint density at radius 1 is 0.935 bits per heavy atom. The maximum Gasteiger partial charge on any atom is 0.261 e. The van der Waals surface area contributed by atoms with Crippen molar-refractivity contribution >= 4 is 11.6 Å². The molecule has 1 fully saturated rings. The van der Waals surface area contributed by atoms with Gasteiger partial charge in [-0.1, -0.05) is 30.3 Å². The molecule has 0 aliphatic carbocycles. The molecule has 0 radical (unpaired) electrons. The topological polar surface area (TPSA) is 68.4 Å². The number of nitrogens with one attached hydrogen (secondary N) is 2. The highest BCUT2D eigenvalue weighted by Crippen LogP contribution is 2.17. The van der Waals surface area contributed by atoms with Crippen LogP contribution in [0.4, 0.5) is 10.1 Å². The van der Waals surface area contributed by atoms with Crippen molar-refractivity contribution in [3.63, 3.8) is 0 Å². The first-order valence-corrected chi connectivity index (χ1v) is 10.4. The Kier molecular flexibility index (Phi) is 6.43. The van der Waals surface area contributed by atoms with Gasteiger partial charge in [-0.05, 0) is 42.0 Å². The van der Waals surface area contributed by atoms with Gasteiger partial charge in [-0.15, -0.1) is 0 Å². The molecule has 3 aromatic rings. The number of carbonyl (C=O) groups excluding carboxylic acids is 1. The third-order valence-electron chi connectivity index (χ3n) is 5.52. The van der Waals surface area contributed by atoms with Gasteiger partial charge in [0.2, 0.25) is 0 Å². The number of anilines is 1. The maximum absolute atomic E-state index is 13.1. The van der Waals surface area contributed by atoms with Crippen molar-refractivity contribution in [1.82, 2.24) is 15.2 Å². The fraction of sp³-hybridized carbons (Fsp3) is 0.250. The van der Waals surface area contributed by atoms with E-state index in [1.54, 1.807) is 24.3 Å². The Morgan fingerprint density at radius 2 is 1.65 bits per heavy atom. The standard InChI is InChI=1S/C24H25FN4O2/c25-19-6-8-20(9-7-19)29-16-14-28(15-17-29)13-12-26-23(30)21-10-11-22(27-24(21)31)18-4-2-1-3-5-18/h1-11H,12-17H2,(H,26,30)(H,27,31).